The van der Waals surface area contributed by atoms with Gasteiger partial charge in [0.1, 0.15) is 11.6 Å². The van der Waals surface area contributed by atoms with E-state index in [1.165, 1.54) is 31.9 Å². The van der Waals surface area contributed by atoms with Gasteiger partial charge in [0.15, 0.2) is 0 Å². The van der Waals surface area contributed by atoms with Gasteiger partial charge in [0.25, 0.3) is 0 Å². The highest BCUT2D eigenvalue weighted by Crippen LogP contribution is 2.27. The van der Waals surface area contributed by atoms with Crippen LogP contribution in [-0.4, -0.2) is 24.6 Å². The van der Waals surface area contributed by atoms with Crippen molar-refractivity contribution in [1.82, 2.24) is 10.3 Å². The van der Waals surface area contributed by atoms with Crippen LogP contribution in [0.5, 0.6) is 0 Å². The van der Waals surface area contributed by atoms with Crippen molar-refractivity contribution in [2.75, 3.05) is 18.5 Å². The third-order valence-electron chi connectivity index (χ3n) is 3.98. The lowest BCUT2D eigenvalue weighted by atomic mass is 10.1. The fraction of sp³-hybridized carbons (Fsp3) is 0.688. The maximum atomic E-state index is 13.4. The Hall–Kier alpha value is -1.16. The molecule has 0 unspecified atom stereocenters. The standard InChI is InChI=1S/C16H26FN3/c1-12(2)18-9-14-8-15(17)10-19-16(14)20(3)11-13-6-4-5-7-13/h8,10,12-13,18H,4-7,9,11H2,1-3H3. The Morgan fingerprint density at radius 1 is 1.40 bits per heavy atom. The van der Waals surface area contributed by atoms with E-state index >= 15 is 0 Å². The molecule has 0 amide bonds. The fourth-order valence-electron chi connectivity index (χ4n) is 2.93. The van der Waals surface area contributed by atoms with Crippen molar-refractivity contribution in [1.29, 1.82) is 0 Å². The third-order valence-corrected chi connectivity index (χ3v) is 3.98. The molecule has 112 valence electrons. The summed E-state index contributed by atoms with van der Waals surface area (Å²) in [4.78, 5) is 6.50. The molecule has 3 nitrogen and oxygen atoms in total. The molecule has 1 heterocycles. The molecule has 20 heavy (non-hydrogen) atoms. The lowest BCUT2D eigenvalue weighted by Crippen LogP contribution is -2.28. The Kier molecular flexibility index (Phi) is 5.35. The Bertz CT molecular complexity index is 428. The molecule has 0 atom stereocenters. The lowest BCUT2D eigenvalue weighted by molar-refractivity contribution is 0.539. The number of pyridine rings is 1. The third kappa shape index (κ3) is 4.17. The largest absolute Gasteiger partial charge is 0.359 e. The molecule has 0 radical (unpaired) electrons. The second kappa shape index (κ2) is 7.02. The summed E-state index contributed by atoms with van der Waals surface area (Å²) in [7, 11) is 2.07. The molecule has 1 saturated carbocycles. The highest BCUT2D eigenvalue weighted by molar-refractivity contribution is 5.46. The second-order valence-electron chi connectivity index (χ2n) is 6.20. The van der Waals surface area contributed by atoms with Gasteiger partial charge < -0.3 is 10.2 Å². The van der Waals surface area contributed by atoms with Gasteiger partial charge in [-0.25, -0.2) is 9.37 Å². The Morgan fingerprint density at radius 3 is 2.75 bits per heavy atom. The molecule has 1 aromatic heterocycles. The minimum atomic E-state index is -0.261. The van der Waals surface area contributed by atoms with Crippen molar-refractivity contribution >= 4 is 5.82 Å². The topological polar surface area (TPSA) is 28.2 Å². The first-order valence-electron chi connectivity index (χ1n) is 7.65. The van der Waals surface area contributed by atoms with Crippen LogP contribution in [0.3, 0.4) is 0 Å². The van der Waals surface area contributed by atoms with Crippen LogP contribution in [0.2, 0.25) is 0 Å². The Balaban J connectivity index is 2.07. The van der Waals surface area contributed by atoms with Crippen LogP contribution in [0.4, 0.5) is 10.2 Å². The van der Waals surface area contributed by atoms with E-state index in [0.717, 1.165) is 23.8 Å². The molecule has 0 aliphatic heterocycles. The number of rotatable bonds is 6. The van der Waals surface area contributed by atoms with E-state index < -0.39 is 0 Å². The number of halogens is 1. The van der Waals surface area contributed by atoms with Gasteiger partial charge in [0, 0.05) is 31.7 Å². The molecule has 1 aromatic rings. The van der Waals surface area contributed by atoms with E-state index in [9.17, 15) is 4.39 Å². The van der Waals surface area contributed by atoms with Crippen molar-refractivity contribution in [3.05, 3.63) is 23.6 Å². The number of nitrogens with zero attached hydrogens (tertiary/aromatic N) is 2. The van der Waals surface area contributed by atoms with Gasteiger partial charge in [0.2, 0.25) is 0 Å². The van der Waals surface area contributed by atoms with Crippen LogP contribution >= 0.6 is 0 Å². The van der Waals surface area contributed by atoms with E-state index in [0.29, 0.717) is 12.6 Å². The fourth-order valence-corrected chi connectivity index (χ4v) is 2.93. The lowest BCUT2D eigenvalue weighted by Gasteiger charge is -2.24. The van der Waals surface area contributed by atoms with Crippen molar-refractivity contribution in [3.63, 3.8) is 0 Å². The molecular weight excluding hydrogens is 253 g/mol. The SMILES string of the molecule is CC(C)NCc1cc(F)cnc1N(C)CC1CCCC1. The molecule has 1 aliphatic rings. The Labute approximate surface area is 121 Å². The van der Waals surface area contributed by atoms with E-state index in [4.69, 9.17) is 0 Å². The first-order valence-corrected chi connectivity index (χ1v) is 7.65. The van der Waals surface area contributed by atoms with E-state index in [1.807, 2.05) is 0 Å². The smallest absolute Gasteiger partial charge is 0.141 e. The van der Waals surface area contributed by atoms with Crippen molar-refractivity contribution in [3.8, 4) is 0 Å². The van der Waals surface area contributed by atoms with Crippen molar-refractivity contribution in [2.24, 2.45) is 5.92 Å². The zero-order valence-corrected chi connectivity index (χ0v) is 12.8. The highest BCUT2D eigenvalue weighted by Gasteiger charge is 2.19. The molecule has 2 rings (SSSR count). The molecule has 0 bridgehead atoms. The predicted octanol–water partition coefficient (Wildman–Crippen LogP) is 3.35. The summed E-state index contributed by atoms with van der Waals surface area (Å²) >= 11 is 0. The molecule has 4 heteroatoms. The minimum Gasteiger partial charge on any atom is -0.359 e. The van der Waals surface area contributed by atoms with Crippen LogP contribution in [0.15, 0.2) is 12.3 Å². The van der Waals surface area contributed by atoms with E-state index in [1.54, 1.807) is 6.07 Å². The van der Waals surface area contributed by atoms with Crippen LogP contribution < -0.4 is 10.2 Å². The van der Waals surface area contributed by atoms with Gasteiger partial charge in [-0.1, -0.05) is 26.7 Å². The minimum absolute atomic E-state index is 0.261. The number of aromatic nitrogens is 1. The Morgan fingerprint density at radius 2 is 2.10 bits per heavy atom. The monoisotopic (exact) mass is 279 g/mol. The van der Waals surface area contributed by atoms with Gasteiger partial charge in [-0.15, -0.1) is 0 Å². The number of anilines is 1. The summed E-state index contributed by atoms with van der Waals surface area (Å²) in [6.45, 7) is 5.86. The average molecular weight is 279 g/mol. The summed E-state index contributed by atoms with van der Waals surface area (Å²) in [6.07, 6.45) is 6.63. The van der Waals surface area contributed by atoms with Gasteiger partial charge in [0.05, 0.1) is 6.20 Å². The predicted molar refractivity (Wildman–Crippen MR) is 81.4 cm³/mol. The molecule has 1 N–H and O–H groups in total. The van der Waals surface area contributed by atoms with Gasteiger partial charge in [-0.2, -0.15) is 0 Å². The van der Waals surface area contributed by atoms with Crippen LogP contribution in [0.25, 0.3) is 0 Å². The summed E-state index contributed by atoms with van der Waals surface area (Å²) in [6, 6.07) is 1.98. The first-order chi connectivity index (χ1) is 9.56. The van der Waals surface area contributed by atoms with Crippen LogP contribution in [0, 0.1) is 11.7 Å². The normalized spacial score (nSPS) is 16.1. The zero-order valence-electron chi connectivity index (χ0n) is 12.8. The summed E-state index contributed by atoms with van der Waals surface area (Å²) in [5.41, 5.74) is 0.944. The van der Waals surface area contributed by atoms with Crippen molar-refractivity contribution in [2.45, 2.75) is 52.1 Å². The van der Waals surface area contributed by atoms with Crippen molar-refractivity contribution < 1.29 is 4.39 Å². The molecular formula is C16H26FN3. The quantitative estimate of drug-likeness (QED) is 0.865. The zero-order chi connectivity index (χ0) is 14.5. The molecule has 0 aromatic carbocycles. The number of hydrogen-bond donors (Lipinski definition) is 1. The molecule has 0 saturated heterocycles. The van der Waals surface area contributed by atoms with Gasteiger partial charge in [-0.05, 0) is 24.8 Å². The van der Waals surface area contributed by atoms with E-state index in [2.05, 4.69) is 36.1 Å². The van der Waals surface area contributed by atoms with Gasteiger partial charge >= 0.3 is 0 Å². The molecule has 1 aliphatic carbocycles. The first kappa shape index (κ1) is 15.2. The summed E-state index contributed by atoms with van der Waals surface area (Å²) in [5.74, 6) is 1.41. The second-order valence-corrected chi connectivity index (χ2v) is 6.20. The van der Waals surface area contributed by atoms with Crippen LogP contribution in [-0.2, 0) is 6.54 Å². The number of hydrogen-bond acceptors (Lipinski definition) is 3. The molecule has 1 fully saturated rings. The molecule has 0 spiro atoms. The maximum absolute atomic E-state index is 13.4. The maximum Gasteiger partial charge on any atom is 0.141 e. The summed E-state index contributed by atoms with van der Waals surface area (Å²) in [5, 5.41) is 3.34. The average Bonchev–Trinajstić information content (AvgIpc) is 2.89. The van der Waals surface area contributed by atoms with E-state index in [-0.39, 0.29) is 5.82 Å². The number of nitrogens with one attached hydrogen (secondary N) is 1. The summed E-state index contributed by atoms with van der Waals surface area (Å²) < 4.78 is 13.4. The van der Waals surface area contributed by atoms with Crippen LogP contribution in [0.1, 0.15) is 45.1 Å². The highest BCUT2D eigenvalue weighted by atomic mass is 19.1. The van der Waals surface area contributed by atoms with Gasteiger partial charge in [-0.3, -0.25) is 0 Å².